The van der Waals surface area contributed by atoms with E-state index in [1.54, 1.807) is 23.0 Å². The quantitative estimate of drug-likeness (QED) is 0.238. The van der Waals surface area contributed by atoms with Crippen LogP contribution in [-0.2, 0) is 7.05 Å². The number of amides is 1. The molecule has 1 saturated heterocycles. The van der Waals surface area contributed by atoms with E-state index in [-0.39, 0.29) is 34.3 Å². The van der Waals surface area contributed by atoms with Gasteiger partial charge < -0.3 is 10.2 Å². The Bertz CT molecular complexity index is 1720. The number of carbonyl (C=O) groups is 1. The SMILES string of the molecule is CSNC(=O)c1nc(Cl)ccc1NC(C)c1cc(C)cc2c(=O)n(C)c(C3C4CN(c5ncc(C)cn5)CC43)nc12. The van der Waals surface area contributed by atoms with Crippen LogP contribution in [0.5, 0.6) is 0 Å². The molecule has 1 saturated carbocycles. The number of benzene rings is 1. The summed E-state index contributed by atoms with van der Waals surface area (Å²) >= 11 is 7.30. The number of nitrogens with one attached hydrogen (secondary N) is 2. The number of rotatable bonds is 7. The van der Waals surface area contributed by atoms with Crippen molar-refractivity contribution in [2.75, 3.05) is 29.6 Å². The molecule has 4 aromatic rings. The lowest BCUT2D eigenvalue weighted by Gasteiger charge is -2.22. The van der Waals surface area contributed by atoms with E-state index >= 15 is 0 Å². The van der Waals surface area contributed by atoms with Crippen molar-refractivity contribution in [1.82, 2.24) is 29.2 Å². The lowest BCUT2D eigenvalue weighted by Crippen LogP contribution is -2.28. The Labute approximate surface area is 247 Å². The Kier molecular flexibility index (Phi) is 7.11. The Morgan fingerprint density at radius 2 is 1.80 bits per heavy atom. The van der Waals surface area contributed by atoms with Crippen LogP contribution in [0.1, 0.15) is 51.9 Å². The van der Waals surface area contributed by atoms with Crippen molar-refractivity contribution in [2.24, 2.45) is 18.9 Å². The molecule has 6 rings (SSSR count). The second-order valence-electron chi connectivity index (χ2n) is 10.9. The summed E-state index contributed by atoms with van der Waals surface area (Å²) in [7, 11) is 1.82. The summed E-state index contributed by atoms with van der Waals surface area (Å²) in [6, 6.07) is 7.05. The molecule has 3 atom stereocenters. The number of aryl methyl sites for hydroxylation is 2. The highest BCUT2D eigenvalue weighted by Gasteiger charge is 2.58. The molecule has 2 N–H and O–H groups in total. The minimum atomic E-state index is -0.344. The number of hydrogen-bond acceptors (Lipinski definition) is 9. The van der Waals surface area contributed by atoms with Crippen LogP contribution in [0.2, 0.25) is 5.15 Å². The van der Waals surface area contributed by atoms with Crippen molar-refractivity contribution >= 4 is 52.0 Å². The molecule has 3 unspecified atom stereocenters. The number of halogens is 1. The maximum Gasteiger partial charge on any atom is 0.281 e. The van der Waals surface area contributed by atoms with Crippen molar-refractivity contribution in [1.29, 1.82) is 0 Å². The summed E-state index contributed by atoms with van der Waals surface area (Å²) in [4.78, 5) is 46.9. The summed E-state index contributed by atoms with van der Waals surface area (Å²) in [5, 5.41) is 4.23. The molecule has 1 aliphatic heterocycles. The van der Waals surface area contributed by atoms with Gasteiger partial charge >= 0.3 is 0 Å². The Morgan fingerprint density at radius 1 is 1.10 bits per heavy atom. The highest BCUT2D eigenvalue weighted by molar-refractivity contribution is 7.97. The Balaban J connectivity index is 1.32. The van der Waals surface area contributed by atoms with Gasteiger partial charge in [-0.2, -0.15) is 0 Å². The third-order valence-corrected chi connectivity index (χ3v) is 8.64. The molecule has 2 fully saturated rings. The summed E-state index contributed by atoms with van der Waals surface area (Å²) < 4.78 is 4.42. The average molecular weight is 591 g/mol. The van der Waals surface area contributed by atoms with Gasteiger partial charge in [0.15, 0.2) is 5.69 Å². The predicted molar refractivity (Wildman–Crippen MR) is 163 cm³/mol. The van der Waals surface area contributed by atoms with E-state index in [2.05, 4.69) is 29.9 Å². The number of fused-ring (bicyclic) bond motifs is 2. The van der Waals surface area contributed by atoms with Crippen LogP contribution < -0.4 is 20.5 Å². The van der Waals surface area contributed by atoms with E-state index in [1.165, 1.54) is 11.9 Å². The van der Waals surface area contributed by atoms with Gasteiger partial charge in [0.1, 0.15) is 11.0 Å². The molecule has 41 heavy (non-hydrogen) atoms. The molecular weight excluding hydrogens is 560 g/mol. The third kappa shape index (κ3) is 5.01. The highest BCUT2D eigenvalue weighted by Crippen LogP contribution is 2.57. The number of carbonyl (C=O) groups excluding carboxylic acids is 1. The van der Waals surface area contributed by atoms with Crippen LogP contribution >= 0.6 is 23.5 Å². The molecule has 1 aliphatic carbocycles. The van der Waals surface area contributed by atoms with E-state index in [0.29, 0.717) is 28.4 Å². The molecule has 0 spiro atoms. The number of anilines is 2. The maximum atomic E-state index is 13.6. The van der Waals surface area contributed by atoms with Gasteiger partial charge in [0.05, 0.1) is 22.6 Å². The molecule has 10 nitrogen and oxygen atoms in total. The summed E-state index contributed by atoms with van der Waals surface area (Å²) in [5.74, 6) is 2.23. The predicted octanol–water partition coefficient (Wildman–Crippen LogP) is 4.42. The van der Waals surface area contributed by atoms with E-state index in [1.807, 2.05) is 52.3 Å². The lowest BCUT2D eigenvalue weighted by molar-refractivity contribution is 0.0980. The fourth-order valence-electron chi connectivity index (χ4n) is 6.00. The summed E-state index contributed by atoms with van der Waals surface area (Å²) in [6.07, 6.45) is 5.45. The zero-order valence-electron chi connectivity index (χ0n) is 23.5. The molecule has 1 amide bonds. The zero-order valence-corrected chi connectivity index (χ0v) is 25.0. The largest absolute Gasteiger partial charge is 0.377 e. The van der Waals surface area contributed by atoms with Gasteiger partial charge in [-0.05, 0) is 61.9 Å². The minimum Gasteiger partial charge on any atom is -0.377 e. The first kappa shape index (κ1) is 27.5. The maximum absolute atomic E-state index is 13.6. The van der Waals surface area contributed by atoms with E-state index in [0.717, 1.165) is 41.6 Å². The third-order valence-electron chi connectivity index (χ3n) is 8.04. The number of hydrogen-bond donors (Lipinski definition) is 2. The van der Waals surface area contributed by atoms with Crippen LogP contribution in [0.25, 0.3) is 10.9 Å². The van der Waals surface area contributed by atoms with Crippen molar-refractivity contribution in [2.45, 2.75) is 32.7 Å². The van der Waals surface area contributed by atoms with Crippen LogP contribution in [0.15, 0.2) is 41.5 Å². The zero-order chi connectivity index (χ0) is 29.0. The van der Waals surface area contributed by atoms with Gasteiger partial charge in [-0.15, -0.1) is 0 Å². The second-order valence-corrected chi connectivity index (χ2v) is 11.9. The first-order chi connectivity index (χ1) is 19.7. The van der Waals surface area contributed by atoms with E-state index < -0.39 is 0 Å². The van der Waals surface area contributed by atoms with Gasteiger partial charge in [-0.3, -0.25) is 18.9 Å². The number of nitrogens with zero attached hydrogens (tertiary/aromatic N) is 6. The second kappa shape index (κ2) is 10.6. The summed E-state index contributed by atoms with van der Waals surface area (Å²) in [5.41, 5.74) is 4.24. The van der Waals surface area contributed by atoms with E-state index in [9.17, 15) is 9.59 Å². The van der Waals surface area contributed by atoms with E-state index in [4.69, 9.17) is 16.6 Å². The Hall–Kier alpha value is -3.70. The smallest absolute Gasteiger partial charge is 0.281 e. The molecular formula is C29H31ClN8O2S. The molecule has 212 valence electrons. The van der Waals surface area contributed by atoms with Gasteiger partial charge in [0.2, 0.25) is 5.95 Å². The van der Waals surface area contributed by atoms with Crippen LogP contribution in [-0.4, -0.2) is 49.8 Å². The normalized spacial score (nSPS) is 20.1. The van der Waals surface area contributed by atoms with Gasteiger partial charge in [0.25, 0.3) is 11.5 Å². The van der Waals surface area contributed by atoms with Crippen molar-refractivity contribution in [3.63, 3.8) is 0 Å². The average Bonchev–Trinajstić information content (AvgIpc) is 3.43. The van der Waals surface area contributed by atoms with Crippen molar-refractivity contribution < 1.29 is 4.79 Å². The van der Waals surface area contributed by atoms with Crippen molar-refractivity contribution in [3.8, 4) is 0 Å². The van der Waals surface area contributed by atoms with Crippen molar-refractivity contribution in [3.05, 3.63) is 80.4 Å². The molecule has 0 radical (unpaired) electrons. The van der Waals surface area contributed by atoms with Crippen LogP contribution in [0.3, 0.4) is 0 Å². The fourth-order valence-corrected chi connectivity index (χ4v) is 6.43. The molecule has 4 heterocycles. The monoisotopic (exact) mass is 590 g/mol. The van der Waals surface area contributed by atoms with Crippen LogP contribution in [0.4, 0.5) is 11.6 Å². The topological polar surface area (TPSA) is 118 Å². The summed E-state index contributed by atoms with van der Waals surface area (Å²) in [6.45, 7) is 7.62. The first-order valence-electron chi connectivity index (χ1n) is 13.5. The van der Waals surface area contributed by atoms with Gasteiger partial charge in [-0.25, -0.2) is 19.9 Å². The minimum absolute atomic E-state index is 0.0564. The molecule has 1 aromatic carbocycles. The number of pyridine rings is 1. The number of piperidine rings is 1. The van der Waals surface area contributed by atoms with Crippen LogP contribution in [0, 0.1) is 25.7 Å². The fraction of sp³-hybridized carbons (Fsp3) is 0.379. The lowest BCUT2D eigenvalue weighted by atomic mass is 10.0. The molecule has 12 heteroatoms. The van der Waals surface area contributed by atoms with Gasteiger partial charge in [-0.1, -0.05) is 29.6 Å². The number of aromatic nitrogens is 5. The highest BCUT2D eigenvalue weighted by atomic mass is 35.5. The van der Waals surface area contributed by atoms with Gasteiger partial charge in [0, 0.05) is 50.3 Å². The molecule has 2 aliphatic rings. The Morgan fingerprint density at radius 3 is 2.49 bits per heavy atom. The first-order valence-corrected chi connectivity index (χ1v) is 15.1. The molecule has 3 aromatic heterocycles. The molecule has 0 bridgehead atoms. The standard InChI is InChI=1S/C29H31ClN8O2S/c1-14-8-17(16(3)33-21-6-7-22(30)34-25(21)27(39)36-41-5)24-18(9-14)28(40)37(4)26(35-24)23-19-12-38(13-20(19)23)29-31-10-15(2)11-32-29/h6-11,16,19-20,23,33H,12-13H2,1-5H3,(H,36,39).